The third kappa shape index (κ3) is 3.54. The minimum absolute atomic E-state index is 0.140. The van der Waals surface area contributed by atoms with Crippen molar-refractivity contribution in [3.8, 4) is 5.75 Å². The molecule has 1 aromatic carbocycles. The molecule has 116 valence electrons. The van der Waals surface area contributed by atoms with E-state index < -0.39 is 16.0 Å². The number of carbonyl (C=O) groups excluding carboxylic acids is 1. The molecule has 1 saturated heterocycles. The third-order valence-electron chi connectivity index (χ3n) is 3.43. The molecule has 2 rings (SSSR count). The minimum atomic E-state index is -1.52. The Balaban J connectivity index is 2.16. The van der Waals surface area contributed by atoms with Crippen LogP contribution in [-0.4, -0.2) is 53.7 Å². The molecule has 7 heteroatoms. The number of hydrogen-bond donors (Lipinski definition) is 1. The molecule has 2 atom stereocenters. The maximum absolute atomic E-state index is 12.6. The van der Waals surface area contributed by atoms with Crippen LogP contribution in [0.3, 0.4) is 0 Å². The van der Waals surface area contributed by atoms with Gasteiger partial charge in [-0.15, -0.1) is 0 Å². The van der Waals surface area contributed by atoms with Gasteiger partial charge in [0.1, 0.15) is 11.0 Å². The summed E-state index contributed by atoms with van der Waals surface area (Å²) in [6, 6.07) is 4.96. The van der Waals surface area contributed by atoms with Gasteiger partial charge in [0, 0.05) is 18.8 Å². The van der Waals surface area contributed by atoms with Crippen molar-refractivity contribution in [3.05, 3.63) is 18.2 Å². The topological polar surface area (TPSA) is 81.9 Å². The van der Waals surface area contributed by atoms with Crippen molar-refractivity contribution >= 4 is 22.4 Å². The van der Waals surface area contributed by atoms with E-state index in [0.29, 0.717) is 42.6 Å². The van der Waals surface area contributed by atoms with Crippen molar-refractivity contribution in [2.75, 3.05) is 39.1 Å². The Hall–Kier alpha value is -1.60. The molecule has 2 unspecified atom stereocenters. The van der Waals surface area contributed by atoms with Gasteiger partial charge in [-0.3, -0.25) is 9.00 Å². The number of hydrogen-bond acceptors (Lipinski definition) is 5. The normalized spacial score (nSPS) is 18.1. The molecule has 21 heavy (non-hydrogen) atoms. The van der Waals surface area contributed by atoms with E-state index in [1.165, 1.54) is 7.11 Å². The van der Waals surface area contributed by atoms with E-state index in [-0.39, 0.29) is 5.91 Å². The lowest BCUT2D eigenvalue weighted by molar-refractivity contribution is -0.134. The molecule has 1 aromatic rings. The number of amides is 1. The average Bonchev–Trinajstić information content (AvgIpc) is 2.54. The highest BCUT2D eigenvalue weighted by molar-refractivity contribution is 7.86. The molecule has 0 radical (unpaired) electrons. The van der Waals surface area contributed by atoms with Crippen molar-refractivity contribution in [2.24, 2.45) is 0 Å². The second kappa shape index (κ2) is 6.91. The molecule has 1 amide bonds. The first-order valence-corrected chi connectivity index (χ1v) is 7.96. The van der Waals surface area contributed by atoms with E-state index in [0.717, 1.165) is 0 Å². The van der Waals surface area contributed by atoms with Gasteiger partial charge >= 0.3 is 0 Å². The smallest absolute Gasteiger partial charge is 0.238 e. The highest BCUT2D eigenvalue weighted by Gasteiger charge is 2.28. The van der Waals surface area contributed by atoms with Gasteiger partial charge in [0.15, 0.2) is 0 Å². The zero-order valence-corrected chi connectivity index (χ0v) is 13.0. The second-order valence-electron chi connectivity index (χ2n) is 4.78. The summed E-state index contributed by atoms with van der Waals surface area (Å²) in [6.45, 7) is 3.77. The van der Waals surface area contributed by atoms with Gasteiger partial charge in [-0.25, -0.2) is 0 Å². The molecule has 2 N–H and O–H groups in total. The van der Waals surface area contributed by atoms with Gasteiger partial charge in [0.25, 0.3) is 0 Å². The fraction of sp³-hybridized carbons (Fsp3) is 0.500. The fourth-order valence-electron chi connectivity index (χ4n) is 2.14. The van der Waals surface area contributed by atoms with Gasteiger partial charge in [-0.05, 0) is 25.1 Å². The number of ether oxygens (including phenoxy) is 2. The van der Waals surface area contributed by atoms with Gasteiger partial charge in [0.05, 0.1) is 36.0 Å². The Morgan fingerprint density at radius 3 is 2.71 bits per heavy atom. The van der Waals surface area contributed by atoms with Crippen LogP contribution >= 0.6 is 0 Å². The van der Waals surface area contributed by atoms with E-state index in [2.05, 4.69) is 0 Å². The second-order valence-corrected chi connectivity index (χ2v) is 6.52. The summed E-state index contributed by atoms with van der Waals surface area (Å²) in [5, 5.41) is -0.655. The Bertz CT molecular complexity index is 544. The Kier molecular flexibility index (Phi) is 5.19. The highest BCUT2D eigenvalue weighted by atomic mass is 32.2. The van der Waals surface area contributed by atoms with Crippen molar-refractivity contribution in [1.29, 1.82) is 0 Å². The van der Waals surface area contributed by atoms with Crippen LogP contribution in [0, 0.1) is 0 Å². The Morgan fingerprint density at radius 1 is 1.43 bits per heavy atom. The molecule has 0 saturated carbocycles. The molecule has 1 heterocycles. The standard InChI is InChI=1S/C14H20N2O4S/c1-10(14(17)16-5-7-20-8-6-16)21(18)13-9-11(19-2)3-4-12(13)15/h3-4,9-10H,5-8,15H2,1-2H3. The number of methoxy groups -OCH3 is 1. The van der Waals surface area contributed by atoms with Crippen LogP contribution in [-0.2, 0) is 20.3 Å². The summed E-state index contributed by atoms with van der Waals surface area (Å²) in [5.74, 6) is 0.428. The Labute approximate surface area is 126 Å². The number of carbonyl (C=O) groups is 1. The van der Waals surface area contributed by atoms with Gasteiger partial charge < -0.3 is 20.1 Å². The van der Waals surface area contributed by atoms with E-state index >= 15 is 0 Å². The van der Waals surface area contributed by atoms with Crippen LogP contribution in [0.15, 0.2) is 23.1 Å². The molecule has 0 aliphatic carbocycles. The molecule has 0 bridgehead atoms. The predicted molar refractivity (Wildman–Crippen MR) is 80.7 cm³/mol. The van der Waals surface area contributed by atoms with Crippen molar-refractivity contribution < 1.29 is 18.5 Å². The number of nitrogen functional groups attached to an aromatic ring is 1. The number of rotatable bonds is 4. The Morgan fingerprint density at radius 2 is 2.10 bits per heavy atom. The van der Waals surface area contributed by atoms with E-state index in [4.69, 9.17) is 15.2 Å². The summed E-state index contributed by atoms with van der Waals surface area (Å²) in [4.78, 5) is 14.5. The molecular formula is C14H20N2O4S. The number of nitrogens with zero attached hydrogens (tertiary/aromatic N) is 1. The zero-order valence-electron chi connectivity index (χ0n) is 12.2. The fourth-order valence-corrected chi connectivity index (χ4v) is 3.38. The first-order chi connectivity index (χ1) is 10.0. The van der Waals surface area contributed by atoms with Crippen molar-refractivity contribution in [1.82, 2.24) is 4.90 Å². The van der Waals surface area contributed by atoms with Crippen molar-refractivity contribution in [3.63, 3.8) is 0 Å². The van der Waals surface area contributed by atoms with Crippen LogP contribution < -0.4 is 10.5 Å². The number of anilines is 1. The summed E-state index contributed by atoms with van der Waals surface area (Å²) in [5.41, 5.74) is 6.27. The lowest BCUT2D eigenvalue weighted by atomic mass is 10.3. The van der Waals surface area contributed by atoms with Gasteiger partial charge in [-0.2, -0.15) is 0 Å². The zero-order chi connectivity index (χ0) is 15.4. The lowest BCUT2D eigenvalue weighted by Crippen LogP contribution is -2.46. The summed E-state index contributed by atoms with van der Waals surface area (Å²) in [7, 11) is 0.00791. The predicted octanol–water partition coefficient (Wildman–Crippen LogP) is 0.632. The summed E-state index contributed by atoms with van der Waals surface area (Å²) < 4.78 is 22.9. The molecule has 0 spiro atoms. The summed E-state index contributed by atoms with van der Waals surface area (Å²) in [6.07, 6.45) is 0. The van der Waals surface area contributed by atoms with E-state index in [9.17, 15) is 9.00 Å². The quantitative estimate of drug-likeness (QED) is 0.825. The monoisotopic (exact) mass is 312 g/mol. The maximum atomic E-state index is 12.6. The minimum Gasteiger partial charge on any atom is -0.497 e. The van der Waals surface area contributed by atoms with Crippen LogP contribution in [0.25, 0.3) is 0 Å². The van der Waals surface area contributed by atoms with E-state index in [1.54, 1.807) is 30.0 Å². The third-order valence-corrected chi connectivity index (χ3v) is 5.06. The van der Waals surface area contributed by atoms with E-state index in [1.807, 2.05) is 0 Å². The SMILES string of the molecule is COc1ccc(N)c(S(=O)C(C)C(=O)N2CCOCC2)c1. The van der Waals surface area contributed by atoms with Crippen LogP contribution in [0.1, 0.15) is 6.92 Å². The first-order valence-electron chi connectivity index (χ1n) is 6.75. The highest BCUT2D eigenvalue weighted by Crippen LogP contribution is 2.25. The average molecular weight is 312 g/mol. The molecule has 1 fully saturated rings. The largest absolute Gasteiger partial charge is 0.497 e. The maximum Gasteiger partial charge on any atom is 0.238 e. The number of nitrogens with two attached hydrogens (primary N) is 1. The number of benzene rings is 1. The number of morpholine rings is 1. The van der Waals surface area contributed by atoms with Gasteiger partial charge in [0.2, 0.25) is 5.91 Å². The first kappa shape index (κ1) is 15.8. The molecule has 1 aliphatic rings. The van der Waals surface area contributed by atoms with Crippen LogP contribution in [0.5, 0.6) is 5.75 Å². The molecular weight excluding hydrogens is 292 g/mol. The molecule has 1 aliphatic heterocycles. The van der Waals surface area contributed by atoms with Crippen LogP contribution in [0.4, 0.5) is 5.69 Å². The van der Waals surface area contributed by atoms with Crippen LogP contribution in [0.2, 0.25) is 0 Å². The summed E-state index contributed by atoms with van der Waals surface area (Å²) >= 11 is 0. The molecule has 0 aromatic heterocycles. The van der Waals surface area contributed by atoms with Gasteiger partial charge in [-0.1, -0.05) is 0 Å². The lowest BCUT2D eigenvalue weighted by Gasteiger charge is -2.29. The van der Waals surface area contributed by atoms with Crippen molar-refractivity contribution in [2.45, 2.75) is 17.1 Å². The molecule has 6 nitrogen and oxygen atoms in total.